The Balaban J connectivity index is 1.57. The average molecular weight is 474 g/mol. The largest absolute Gasteiger partial charge is 0.392 e. The lowest BCUT2D eigenvalue weighted by Crippen LogP contribution is -2.41. The number of aromatic nitrogens is 4. The molecule has 9 heteroatoms. The van der Waals surface area contributed by atoms with Crippen molar-refractivity contribution in [3.63, 3.8) is 0 Å². The van der Waals surface area contributed by atoms with E-state index in [0.717, 1.165) is 25.0 Å². The first-order chi connectivity index (χ1) is 16.4. The number of hydrogen-bond acceptors (Lipinski definition) is 7. The molecule has 1 fully saturated rings. The monoisotopic (exact) mass is 473 g/mol. The van der Waals surface area contributed by atoms with E-state index in [1.54, 1.807) is 0 Å². The summed E-state index contributed by atoms with van der Waals surface area (Å²) in [7, 11) is 0. The Bertz CT molecular complexity index is 1000. The quantitative estimate of drug-likeness (QED) is 0.211. The number of terminal acetylenes is 1. The Hall–Kier alpha value is -2.54. The van der Waals surface area contributed by atoms with E-state index < -0.39 is 30.6 Å². The highest BCUT2D eigenvalue weighted by Crippen LogP contribution is 2.38. The van der Waals surface area contributed by atoms with Gasteiger partial charge in [0.15, 0.2) is 22.6 Å². The molecule has 1 aliphatic heterocycles. The van der Waals surface area contributed by atoms with E-state index in [1.165, 1.54) is 55.8 Å². The molecule has 0 amide bonds. The summed E-state index contributed by atoms with van der Waals surface area (Å²) >= 11 is 0. The van der Waals surface area contributed by atoms with Crippen molar-refractivity contribution in [2.45, 2.75) is 95.5 Å². The third-order valence-electron chi connectivity index (χ3n) is 6.37. The fourth-order valence-electron chi connectivity index (χ4n) is 4.31. The van der Waals surface area contributed by atoms with Crippen LogP contribution in [0.3, 0.4) is 0 Å². The van der Waals surface area contributed by atoms with Gasteiger partial charge >= 0.3 is 6.08 Å². The molecule has 1 aliphatic rings. The molecule has 0 unspecified atom stereocenters. The molecule has 3 rings (SSSR count). The third-order valence-corrected chi connectivity index (χ3v) is 6.37. The molecular weight excluding hydrogens is 437 g/mol. The maximum atomic E-state index is 14.3. The van der Waals surface area contributed by atoms with Gasteiger partial charge in [-0.3, -0.25) is 4.57 Å². The van der Waals surface area contributed by atoms with Gasteiger partial charge in [-0.05, 0) is 12.8 Å². The molecule has 0 aliphatic carbocycles. The van der Waals surface area contributed by atoms with Crippen molar-refractivity contribution in [2.24, 2.45) is 0 Å². The molecule has 2 aromatic heterocycles. The Morgan fingerprint density at radius 3 is 2.56 bits per heavy atom. The van der Waals surface area contributed by atoms with Crippen LogP contribution in [0.15, 0.2) is 18.6 Å². The minimum Gasteiger partial charge on any atom is -0.392 e. The summed E-state index contributed by atoms with van der Waals surface area (Å²) in [4.78, 5) is 12.1. The minimum absolute atomic E-state index is 0.107. The van der Waals surface area contributed by atoms with Crippen molar-refractivity contribution in [3.8, 4) is 12.3 Å². The molecule has 3 atom stereocenters. The van der Waals surface area contributed by atoms with E-state index >= 15 is 0 Å². The van der Waals surface area contributed by atoms with Gasteiger partial charge in [-0.2, -0.15) is 14.4 Å². The van der Waals surface area contributed by atoms with Crippen LogP contribution in [0.1, 0.15) is 83.8 Å². The number of allylic oxidation sites excluding steroid dienone is 1. The lowest BCUT2D eigenvalue weighted by atomic mass is 9.99. The van der Waals surface area contributed by atoms with Crippen LogP contribution < -0.4 is 5.32 Å². The zero-order valence-corrected chi connectivity index (χ0v) is 20.0. The van der Waals surface area contributed by atoms with E-state index in [2.05, 4.69) is 39.7 Å². The van der Waals surface area contributed by atoms with Crippen molar-refractivity contribution < 1.29 is 19.3 Å². The minimum atomic E-state index is -1.52. The number of aliphatic hydroxyl groups is 2. The number of hydrogen-bond donors (Lipinski definition) is 3. The van der Waals surface area contributed by atoms with Crippen LogP contribution in [-0.2, 0) is 4.74 Å². The maximum absolute atomic E-state index is 14.3. The van der Waals surface area contributed by atoms with Gasteiger partial charge in [-0.25, -0.2) is 4.98 Å². The molecule has 0 spiro atoms. The molecule has 3 heterocycles. The highest BCUT2D eigenvalue weighted by Gasteiger charge is 2.47. The Kier molecular flexibility index (Phi) is 9.39. The summed E-state index contributed by atoms with van der Waals surface area (Å²) in [6, 6.07) is 0. The number of nitrogens with one attached hydrogen (secondary N) is 1. The summed E-state index contributed by atoms with van der Waals surface area (Å²) in [6.45, 7) is 5.74. The molecule has 0 radical (unpaired) electrons. The summed E-state index contributed by atoms with van der Waals surface area (Å²) in [5.74, 6) is 2.55. The molecule has 0 aromatic carbocycles. The van der Waals surface area contributed by atoms with Gasteiger partial charge in [-0.15, -0.1) is 6.42 Å². The number of fused-ring (bicyclic) bond motifs is 1. The van der Waals surface area contributed by atoms with E-state index in [9.17, 15) is 14.6 Å². The number of nitrogens with zero attached hydrogens (tertiary/aromatic N) is 4. The number of halogens is 1. The van der Waals surface area contributed by atoms with Gasteiger partial charge < -0.3 is 20.3 Å². The molecule has 3 N–H and O–H groups in total. The van der Waals surface area contributed by atoms with E-state index in [4.69, 9.17) is 11.2 Å². The van der Waals surface area contributed by atoms with Crippen LogP contribution >= 0.6 is 0 Å². The van der Waals surface area contributed by atoms with Crippen molar-refractivity contribution in [3.05, 3.63) is 24.7 Å². The molecular formula is C25H36FN5O3. The standard InChI is InChI=1S/C25H36FN5O3/c1-4-6-7-8-9-10-11-12-13-14-18(3)28-22-21-23(30-24(26)29-22)31(17-27-21)20-15-19(33)25(5-2,16-32)34-20/h2,17,19-20,32-33H,3-4,6-16H2,1H3,(H,28,29,30)/t19-,20+,25+/m0/s1. The lowest BCUT2D eigenvalue weighted by molar-refractivity contribution is -0.0891. The van der Waals surface area contributed by atoms with Crippen LogP contribution in [0.4, 0.5) is 10.2 Å². The van der Waals surface area contributed by atoms with Crippen LogP contribution in [0.2, 0.25) is 0 Å². The number of imidazole rings is 1. The molecule has 8 nitrogen and oxygen atoms in total. The molecule has 0 bridgehead atoms. The van der Waals surface area contributed by atoms with Gasteiger partial charge in [0.05, 0.1) is 12.9 Å². The zero-order valence-electron chi connectivity index (χ0n) is 20.0. The first-order valence-corrected chi connectivity index (χ1v) is 12.2. The second kappa shape index (κ2) is 12.2. The second-order valence-electron chi connectivity index (χ2n) is 8.99. The highest BCUT2D eigenvalue weighted by atomic mass is 19.1. The van der Waals surface area contributed by atoms with E-state index in [1.807, 2.05) is 0 Å². The van der Waals surface area contributed by atoms with Gasteiger partial charge in [-0.1, -0.05) is 70.8 Å². The molecule has 34 heavy (non-hydrogen) atoms. The summed E-state index contributed by atoms with van der Waals surface area (Å²) in [6.07, 6.45) is 16.1. The fraction of sp³-hybridized carbons (Fsp3) is 0.640. The van der Waals surface area contributed by atoms with Gasteiger partial charge in [0.2, 0.25) is 0 Å². The topological polar surface area (TPSA) is 105 Å². The highest BCUT2D eigenvalue weighted by molar-refractivity contribution is 5.83. The number of unbranched alkanes of at least 4 members (excludes halogenated alkanes) is 8. The third kappa shape index (κ3) is 6.12. The summed E-state index contributed by atoms with van der Waals surface area (Å²) in [5, 5.41) is 23.0. The van der Waals surface area contributed by atoms with E-state index in [0.29, 0.717) is 5.52 Å². The van der Waals surface area contributed by atoms with Crippen molar-refractivity contribution in [1.29, 1.82) is 0 Å². The Morgan fingerprint density at radius 1 is 1.26 bits per heavy atom. The predicted molar refractivity (Wildman–Crippen MR) is 129 cm³/mol. The molecule has 0 saturated carbocycles. The summed E-state index contributed by atoms with van der Waals surface area (Å²) < 4.78 is 21.5. The van der Waals surface area contributed by atoms with Gasteiger partial charge in [0, 0.05) is 12.1 Å². The van der Waals surface area contributed by atoms with Crippen LogP contribution in [0.25, 0.3) is 11.2 Å². The molecule has 186 valence electrons. The fourth-order valence-corrected chi connectivity index (χ4v) is 4.31. The number of rotatable bonds is 14. The first kappa shape index (κ1) is 26.1. The van der Waals surface area contributed by atoms with Crippen LogP contribution in [0.5, 0.6) is 0 Å². The second-order valence-corrected chi connectivity index (χ2v) is 8.99. The lowest BCUT2D eigenvalue weighted by Gasteiger charge is -2.23. The average Bonchev–Trinajstić information content (AvgIpc) is 3.39. The normalized spacial score (nSPS) is 22.2. The predicted octanol–water partition coefficient (Wildman–Crippen LogP) is 4.46. The van der Waals surface area contributed by atoms with Crippen LogP contribution in [0, 0.1) is 18.4 Å². The molecule has 2 aromatic rings. The smallest absolute Gasteiger partial charge is 0.312 e. The van der Waals surface area contributed by atoms with Gasteiger partial charge in [0.1, 0.15) is 12.3 Å². The summed E-state index contributed by atoms with van der Waals surface area (Å²) in [5.41, 5.74) is -0.225. The Labute approximate surface area is 200 Å². The first-order valence-electron chi connectivity index (χ1n) is 12.2. The van der Waals surface area contributed by atoms with E-state index in [-0.39, 0.29) is 17.9 Å². The SMILES string of the molecule is C#C[C@]1(CO)O[C@@H](n2cnc3c(NC(=C)CCCCCCCCCCC)nc(F)nc32)C[C@@H]1O. The Morgan fingerprint density at radius 2 is 1.94 bits per heavy atom. The van der Waals surface area contributed by atoms with Crippen molar-refractivity contribution in [2.75, 3.05) is 11.9 Å². The van der Waals surface area contributed by atoms with Gasteiger partial charge in [0.25, 0.3) is 0 Å². The van der Waals surface area contributed by atoms with Crippen molar-refractivity contribution >= 4 is 17.0 Å². The maximum Gasteiger partial charge on any atom is 0.312 e. The number of anilines is 1. The zero-order chi connectivity index (χ0) is 24.6. The number of aliphatic hydroxyl groups excluding tert-OH is 2. The molecule has 1 saturated heterocycles. The van der Waals surface area contributed by atoms with Crippen molar-refractivity contribution in [1.82, 2.24) is 19.5 Å². The number of ether oxygens (including phenoxy) is 1. The van der Waals surface area contributed by atoms with Crippen LogP contribution in [-0.4, -0.2) is 48.0 Å².